The van der Waals surface area contributed by atoms with Crippen molar-refractivity contribution in [2.75, 3.05) is 25.2 Å². The van der Waals surface area contributed by atoms with E-state index < -0.39 is 4.92 Å². The molecule has 1 fully saturated rings. The largest absolute Gasteiger partial charge is 0.381 e. The van der Waals surface area contributed by atoms with E-state index in [9.17, 15) is 10.1 Å². The molecular weight excluding hydrogens is 302 g/mol. The zero-order valence-corrected chi connectivity index (χ0v) is 11.6. The average Bonchev–Trinajstić information content (AvgIpc) is 2.39. The fraction of sp³-hybridized carbons (Fsp3) is 0.545. The fourth-order valence-electron chi connectivity index (χ4n) is 2.07. The molecule has 1 aromatic rings. The second kappa shape index (κ2) is 5.62. The van der Waals surface area contributed by atoms with Crippen molar-refractivity contribution >= 4 is 27.4 Å². The second-order valence-corrected chi connectivity index (χ2v) is 5.12. The highest BCUT2D eigenvalue weighted by atomic mass is 79.9. The number of nitro groups is 1. The standard InChI is InChI=1S/C11H14BrN3O3/c1-14(9-2-4-18-5-3-9)11-10(15(16)17)6-8(12)7-13-11/h6-7,9H,2-5H2,1H3. The van der Waals surface area contributed by atoms with Crippen molar-refractivity contribution < 1.29 is 9.66 Å². The lowest BCUT2D eigenvalue weighted by molar-refractivity contribution is -0.384. The lowest BCUT2D eigenvalue weighted by Gasteiger charge is -2.31. The number of aromatic nitrogens is 1. The summed E-state index contributed by atoms with van der Waals surface area (Å²) < 4.78 is 5.90. The minimum atomic E-state index is -0.400. The summed E-state index contributed by atoms with van der Waals surface area (Å²) in [5.74, 6) is 0.412. The SMILES string of the molecule is CN(c1ncc(Br)cc1[N+](=O)[O-])C1CCOCC1. The number of hydrogen-bond acceptors (Lipinski definition) is 5. The molecule has 0 saturated carbocycles. The number of nitrogens with zero attached hydrogens (tertiary/aromatic N) is 3. The summed E-state index contributed by atoms with van der Waals surface area (Å²) in [5.41, 5.74) is 0.0263. The van der Waals surface area contributed by atoms with Crippen LogP contribution in [0.25, 0.3) is 0 Å². The molecule has 1 aromatic heterocycles. The number of anilines is 1. The van der Waals surface area contributed by atoms with Gasteiger partial charge in [-0.25, -0.2) is 4.98 Å². The summed E-state index contributed by atoms with van der Waals surface area (Å²) in [5, 5.41) is 11.1. The van der Waals surface area contributed by atoms with Crippen LogP contribution in [0.1, 0.15) is 12.8 Å². The van der Waals surface area contributed by atoms with Crippen LogP contribution in [-0.4, -0.2) is 36.2 Å². The van der Waals surface area contributed by atoms with Gasteiger partial charge >= 0.3 is 5.69 Å². The first kappa shape index (κ1) is 13.2. The van der Waals surface area contributed by atoms with Gasteiger partial charge in [0.25, 0.3) is 0 Å². The van der Waals surface area contributed by atoms with E-state index in [4.69, 9.17) is 4.74 Å². The van der Waals surface area contributed by atoms with Gasteiger partial charge in [-0.1, -0.05) is 0 Å². The molecule has 18 heavy (non-hydrogen) atoms. The number of ether oxygens (including phenoxy) is 1. The Morgan fingerprint density at radius 3 is 2.83 bits per heavy atom. The predicted octanol–water partition coefficient (Wildman–Crippen LogP) is 2.37. The fourth-order valence-corrected chi connectivity index (χ4v) is 2.39. The Hall–Kier alpha value is -1.21. The Bertz CT molecular complexity index is 449. The molecule has 0 unspecified atom stereocenters. The third kappa shape index (κ3) is 2.78. The lowest BCUT2D eigenvalue weighted by atomic mass is 10.1. The van der Waals surface area contributed by atoms with Crippen LogP contribution in [0.4, 0.5) is 11.5 Å². The summed E-state index contributed by atoms with van der Waals surface area (Å²) in [6, 6.07) is 1.73. The first-order valence-corrected chi connectivity index (χ1v) is 6.49. The third-order valence-electron chi connectivity index (χ3n) is 3.08. The normalized spacial score (nSPS) is 16.6. The summed E-state index contributed by atoms with van der Waals surface area (Å²) in [6.07, 6.45) is 3.31. The third-order valence-corrected chi connectivity index (χ3v) is 3.52. The molecule has 0 atom stereocenters. The zero-order chi connectivity index (χ0) is 13.1. The molecule has 0 N–H and O–H groups in total. The van der Waals surface area contributed by atoms with E-state index in [0.29, 0.717) is 23.5 Å². The summed E-state index contributed by atoms with van der Waals surface area (Å²) in [6.45, 7) is 1.39. The molecule has 0 aliphatic carbocycles. The van der Waals surface area contributed by atoms with Crippen LogP contribution < -0.4 is 4.90 Å². The van der Waals surface area contributed by atoms with Gasteiger partial charge in [0.1, 0.15) is 0 Å². The highest BCUT2D eigenvalue weighted by molar-refractivity contribution is 9.10. The van der Waals surface area contributed by atoms with Crippen molar-refractivity contribution in [1.82, 2.24) is 4.98 Å². The van der Waals surface area contributed by atoms with E-state index in [1.54, 1.807) is 6.20 Å². The molecule has 98 valence electrons. The Morgan fingerprint density at radius 1 is 1.56 bits per heavy atom. The zero-order valence-electron chi connectivity index (χ0n) is 10.0. The number of hydrogen-bond donors (Lipinski definition) is 0. The maximum absolute atomic E-state index is 11.1. The van der Waals surface area contributed by atoms with Gasteiger partial charge in [-0.15, -0.1) is 0 Å². The van der Waals surface area contributed by atoms with E-state index in [0.717, 1.165) is 12.8 Å². The van der Waals surface area contributed by atoms with Crippen LogP contribution in [0.5, 0.6) is 0 Å². The molecule has 0 spiro atoms. The smallest absolute Gasteiger partial charge is 0.312 e. The van der Waals surface area contributed by atoms with Crippen molar-refractivity contribution in [3.05, 3.63) is 26.9 Å². The van der Waals surface area contributed by atoms with E-state index in [1.807, 2.05) is 11.9 Å². The topological polar surface area (TPSA) is 68.5 Å². The first-order valence-electron chi connectivity index (χ1n) is 5.70. The molecule has 0 bridgehead atoms. The molecular formula is C11H14BrN3O3. The molecule has 0 aromatic carbocycles. The average molecular weight is 316 g/mol. The maximum Gasteiger partial charge on any atom is 0.312 e. The van der Waals surface area contributed by atoms with Gasteiger partial charge in [0.15, 0.2) is 0 Å². The van der Waals surface area contributed by atoms with Crippen LogP contribution in [0.15, 0.2) is 16.7 Å². The molecule has 0 amide bonds. The van der Waals surface area contributed by atoms with Crippen molar-refractivity contribution in [3.63, 3.8) is 0 Å². The van der Waals surface area contributed by atoms with E-state index >= 15 is 0 Å². The van der Waals surface area contributed by atoms with Crippen molar-refractivity contribution in [2.45, 2.75) is 18.9 Å². The van der Waals surface area contributed by atoms with E-state index in [-0.39, 0.29) is 11.7 Å². The molecule has 1 aliphatic rings. The second-order valence-electron chi connectivity index (χ2n) is 4.21. The molecule has 0 radical (unpaired) electrons. The number of pyridine rings is 1. The van der Waals surface area contributed by atoms with Gasteiger partial charge in [0.2, 0.25) is 5.82 Å². The van der Waals surface area contributed by atoms with Crippen LogP contribution in [0.2, 0.25) is 0 Å². The van der Waals surface area contributed by atoms with Crippen LogP contribution in [0.3, 0.4) is 0 Å². The van der Waals surface area contributed by atoms with Crippen molar-refractivity contribution in [1.29, 1.82) is 0 Å². The predicted molar refractivity (Wildman–Crippen MR) is 70.8 cm³/mol. The summed E-state index contributed by atoms with van der Waals surface area (Å²) >= 11 is 3.20. The van der Waals surface area contributed by atoms with Crippen LogP contribution in [0, 0.1) is 10.1 Å². The Morgan fingerprint density at radius 2 is 2.22 bits per heavy atom. The van der Waals surface area contributed by atoms with Gasteiger partial charge in [-0.05, 0) is 28.8 Å². The van der Waals surface area contributed by atoms with E-state index in [2.05, 4.69) is 20.9 Å². The van der Waals surface area contributed by atoms with Crippen molar-refractivity contribution in [3.8, 4) is 0 Å². The molecule has 1 saturated heterocycles. The molecule has 2 rings (SSSR count). The first-order chi connectivity index (χ1) is 8.59. The Labute approximate surface area is 113 Å². The van der Waals surface area contributed by atoms with Gasteiger partial charge in [-0.3, -0.25) is 10.1 Å². The van der Waals surface area contributed by atoms with Gasteiger partial charge in [0, 0.05) is 43.0 Å². The minimum absolute atomic E-state index is 0.0263. The Kier molecular flexibility index (Phi) is 4.13. The maximum atomic E-state index is 11.1. The number of rotatable bonds is 3. The molecule has 6 nitrogen and oxygen atoms in total. The number of halogens is 1. The monoisotopic (exact) mass is 315 g/mol. The van der Waals surface area contributed by atoms with Crippen LogP contribution in [-0.2, 0) is 4.74 Å². The van der Waals surface area contributed by atoms with Crippen molar-refractivity contribution in [2.24, 2.45) is 0 Å². The molecule has 7 heteroatoms. The Balaban J connectivity index is 2.28. The highest BCUT2D eigenvalue weighted by Gasteiger charge is 2.26. The quantitative estimate of drug-likeness (QED) is 0.632. The van der Waals surface area contributed by atoms with Crippen LogP contribution >= 0.6 is 15.9 Å². The lowest BCUT2D eigenvalue weighted by Crippen LogP contribution is -2.37. The minimum Gasteiger partial charge on any atom is -0.381 e. The summed E-state index contributed by atoms with van der Waals surface area (Å²) in [4.78, 5) is 16.7. The van der Waals surface area contributed by atoms with E-state index in [1.165, 1.54) is 6.07 Å². The van der Waals surface area contributed by atoms with Gasteiger partial charge in [0.05, 0.1) is 4.92 Å². The van der Waals surface area contributed by atoms with Gasteiger partial charge < -0.3 is 9.64 Å². The molecule has 1 aliphatic heterocycles. The van der Waals surface area contributed by atoms with Gasteiger partial charge in [-0.2, -0.15) is 0 Å². The summed E-state index contributed by atoms with van der Waals surface area (Å²) in [7, 11) is 1.85. The molecule has 2 heterocycles. The highest BCUT2D eigenvalue weighted by Crippen LogP contribution is 2.30.